The smallest absolute Gasteiger partial charge is 0.182 e. The van der Waals surface area contributed by atoms with E-state index in [1.807, 2.05) is 16.9 Å². The molecule has 0 N–H and O–H groups in total. The van der Waals surface area contributed by atoms with Crippen molar-refractivity contribution in [3.8, 4) is 0 Å². The van der Waals surface area contributed by atoms with Gasteiger partial charge in [-0.3, -0.25) is 9.48 Å². The Morgan fingerprint density at radius 1 is 1.45 bits per heavy atom. The van der Waals surface area contributed by atoms with E-state index in [1.54, 1.807) is 0 Å². The zero-order valence-corrected chi connectivity index (χ0v) is 13.0. The lowest BCUT2D eigenvalue weighted by Gasteiger charge is -2.07. The summed E-state index contributed by atoms with van der Waals surface area (Å²) in [5, 5.41) is 8.50. The second-order valence-electron chi connectivity index (χ2n) is 4.94. The number of nitrogens with zero attached hydrogens (tertiary/aromatic N) is 4. The molecule has 0 aliphatic rings. The molecule has 0 radical (unpaired) electrons. The molecule has 1 atom stereocenters. The molecule has 6 heteroatoms. The van der Waals surface area contributed by atoms with Crippen LogP contribution >= 0.6 is 11.5 Å². The topological polar surface area (TPSA) is 60.7 Å². The Morgan fingerprint density at radius 2 is 2.25 bits per heavy atom. The number of Topliss-reactive ketones (excluding diaryl/α,β-unsaturated/α-hetero) is 1. The molecule has 0 aliphatic heterocycles. The first-order valence-electron chi connectivity index (χ1n) is 7.04. The van der Waals surface area contributed by atoms with Crippen molar-refractivity contribution < 1.29 is 4.79 Å². The van der Waals surface area contributed by atoms with Crippen molar-refractivity contribution in [3.05, 3.63) is 28.5 Å². The summed E-state index contributed by atoms with van der Waals surface area (Å²) < 4.78 is 5.81. The maximum Gasteiger partial charge on any atom is 0.182 e. The lowest BCUT2D eigenvalue weighted by Crippen LogP contribution is -2.08. The number of hydrogen-bond acceptors (Lipinski definition) is 5. The highest BCUT2D eigenvalue weighted by Gasteiger charge is 2.17. The van der Waals surface area contributed by atoms with Crippen LogP contribution in [-0.4, -0.2) is 25.2 Å². The van der Waals surface area contributed by atoms with Gasteiger partial charge in [-0.15, -0.1) is 5.10 Å². The first-order chi connectivity index (χ1) is 9.65. The summed E-state index contributed by atoms with van der Waals surface area (Å²) in [7, 11) is 0. The first-order valence-corrected chi connectivity index (χ1v) is 7.81. The van der Waals surface area contributed by atoms with Crippen molar-refractivity contribution >= 4 is 17.3 Å². The van der Waals surface area contributed by atoms with Crippen LogP contribution in [0.4, 0.5) is 0 Å². The van der Waals surface area contributed by atoms with Crippen LogP contribution in [0, 0.1) is 0 Å². The zero-order chi connectivity index (χ0) is 14.5. The second kappa shape index (κ2) is 6.74. The van der Waals surface area contributed by atoms with E-state index in [4.69, 9.17) is 0 Å². The van der Waals surface area contributed by atoms with Gasteiger partial charge in [-0.1, -0.05) is 24.8 Å². The SMILES string of the molecule is CCCc1nnsc1C(=O)Cc1ccn(C(C)CC)n1. The Kier molecular flexibility index (Phi) is 5.00. The van der Waals surface area contributed by atoms with Gasteiger partial charge in [-0.05, 0) is 37.4 Å². The molecule has 0 bridgehead atoms. The van der Waals surface area contributed by atoms with E-state index in [0.717, 1.165) is 30.7 Å². The van der Waals surface area contributed by atoms with Crippen molar-refractivity contribution in [1.29, 1.82) is 0 Å². The summed E-state index contributed by atoms with van der Waals surface area (Å²) in [6, 6.07) is 2.28. The van der Waals surface area contributed by atoms with Gasteiger partial charge in [0.1, 0.15) is 4.88 Å². The molecule has 5 nitrogen and oxygen atoms in total. The molecule has 0 fully saturated rings. The summed E-state index contributed by atoms with van der Waals surface area (Å²) in [6.07, 6.45) is 5.06. The minimum absolute atomic E-state index is 0.0675. The number of rotatable bonds is 7. The van der Waals surface area contributed by atoms with Crippen LogP contribution in [-0.2, 0) is 12.8 Å². The van der Waals surface area contributed by atoms with E-state index in [1.165, 1.54) is 11.5 Å². The highest BCUT2D eigenvalue weighted by atomic mass is 32.1. The van der Waals surface area contributed by atoms with E-state index in [0.29, 0.717) is 17.3 Å². The van der Waals surface area contributed by atoms with Crippen molar-refractivity contribution in [2.24, 2.45) is 0 Å². The Morgan fingerprint density at radius 3 is 2.95 bits per heavy atom. The highest BCUT2D eigenvalue weighted by molar-refractivity contribution is 7.08. The van der Waals surface area contributed by atoms with Gasteiger partial charge in [0, 0.05) is 12.2 Å². The number of carbonyl (C=O) groups excluding carboxylic acids is 1. The van der Waals surface area contributed by atoms with Gasteiger partial charge in [-0.2, -0.15) is 5.10 Å². The first kappa shape index (κ1) is 14.8. The van der Waals surface area contributed by atoms with Gasteiger partial charge < -0.3 is 0 Å². The summed E-state index contributed by atoms with van der Waals surface area (Å²) >= 11 is 1.19. The second-order valence-corrected chi connectivity index (χ2v) is 5.70. The molecule has 1 unspecified atom stereocenters. The molecule has 0 aliphatic carbocycles. The fourth-order valence-electron chi connectivity index (χ4n) is 1.97. The summed E-state index contributed by atoms with van der Waals surface area (Å²) in [5.41, 5.74) is 1.63. The average molecular weight is 292 g/mol. The number of ketones is 1. The Hall–Kier alpha value is -1.56. The third-order valence-corrected chi connectivity index (χ3v) is 4.15. The van der Waals surface area contributed by atoms with Crippen molar-refractivity contribution in [1.82, 2.24) is 19.4 Å². The molecule has 108 valence electrons. The van der Waals surface area contributed by atoms with Crippen LogP contribution in [0.3, 0.4) is 0 Å². The molecular formula is C14H20N4OS. The summed E-state index contributed by atoms with van der Waals surface area (Å²) in [4.78, 5) is 13.0. The monoisotopic (exact) mass is 292 g/mol. The molecule has 0 aromatic carbocycles. The minimum atomic E-state index is 0.0675. The van der Waals surface area contributed by atoms with Gasteiger partial charge in [0.2, 0.25) is 0 Å². The van der Waals surface area contributed by atoms with Gasteiger partial charge >= 0.3 is 0 Å². The predicted octanol–water partition coefficient (Wildman–Crippen LogP) is 3.08. The van der Waals surface area contributed by atoms with Gasteiger partial charge in [-0.25, -0.2) is 0 Å². The zero-order valence-electron chi connectivity index (χ0n) is 12.2. The summed E-state index contributed by atoms with van der Waals surface area (Å²) in [6.45, 7) is 6.31. The molecular weight excluding hydrogens is 272 g/mol. The Balaban J connectivity index is 2.07. The molecule has 0 amide bonds. The van der Waals surface area contributed by atoms with E-state index >= 15 is 0 Å². The van der Waals surface area contributed by atoms with E-state index in [9.17, 15) is 4.79 Å². The molecule has 2 heterocycles. The normalized spacial score (nSPS) is 12.6. The third kappa shape index (κ3) is 3.30. The number of aryl methyl sites for hydroxylation is 1. The molecule has 0 saturated carbocycles. The Bertz CT molecular complexity index is 575. The van der Waals surface area contributed by atoms with Crippen LogP contribution < -0.4 is 0 Å². The molecule has 2 aromatic heterocycles. The maximum atomic E-state index is 12.3. The van der Waals surface area contributed by atoms with E-state index < -0.39 is 0 Å². The van der Waals surface area contributed by atoms with Crippen LogP contribution in [0.1, 0.15) is 60.7 Å². The quantitative estimate of drug-likeness (QED) is 0.736. The van der Waals surface area contributed by atoms with Crippen LogP contribution in [0.25, 0.3) is 0 Å². The highest BCUT2D eigenvalue weighted by Crippen LogP contribution is 2.16. The lowest BCUT2D eigenvalue weighted by molar-refractivity contribution is 0.0994. The van der Waals surface area contributed by atoms with Gasteiger partial charge in [0.25, 0.3) is 0 Å². The van der Waals surface area contributed by atoms with Crippen molar-refractivity contribution in [2.45, 2.75) is 52.5 Å². The fourth-order valence-corrected chi connectivity index (χ4v) is 2.61. The molecule has 2 aromatic rings. The number of hydrogen-bond donors (Lipinski definition) is 0. The predicted molar refractivity (Wildman–Crippen MR) is 79.2 cm³/mol. The lowest BCUT2D eigenvalue weighted by atomic mass is 10.1. The van der Waals surface area contributed by atoms with Gasteiger partial charge in [0.05, 0.1) is 17.8 Å². The van der Waals surface area contributed by atoms with E-state index in [2.05, 4.69) is 35.5 Å². The van der Waals surface area contributed by atoms with Crippen LogP contribution in [0.15, 0.2) is 12.3 Å². The van der Waals surface area contributed by atoms with Crippen LogP contribution in [0.2, 0.25) is 0 Å². The molecule has 0 spiro atoms. The molecule has 0 saturated heterocycles. The molecule has 20 heavy (non-hydrogen) atoms. The number of carbonyl (C=O) groups is 1. The molecule has 2 rings (SSSR count). The van der Waals surface area contributed by atoms with Crippen molar-refractivity contribution in [2.75, 3.05) is 0 Å². The fraction of sp³-hybridized carbons (Fsp3) is 0.571. The van der Waals surface area contributed by atoms with Crippen LogP contribution in [0.5, 0.6) is 0 Å². The minimum Gasteiger partial charge on any atom is -0.293 e. The standard InChI is InChI=1S/C14H20N4OS/c1-4-6-12-14(20-17-15-12)13(19)9-11-7-8-18(16-11)10(3)5-2/h7-8,10H,4-6,9H2,1-3H3. The number of aromatic nitrogens is 4. The van der Waals surface area contributed by atoms with Gasteiger partial charge in [0.15, 0.2) is 5.78 Å². The third-order valence-electron chi connectivity index (χ3n) is 3.34. The van der Waals surface area contributed by atoms with E-state index in [-0.39, 0.29) is 5.78 Å². The summed E-state index contributed by atoms with van der Waals surface area (Å²) in [5.74, 6) is 0.0675. The van der Waals surface area contributed by atoms with Crippen molar-refractivity contribution in [3.63, 3.8) is 0 Å². The average Bonchev–Trinajstić information content (AvgIpc) is 3.07. The maximum absolute atomic E-state index is 12.3. The largest absolute Gasteiger partial charge is 0.293 e. The Labute approximate surface area is 123 Å².